The topological polar surface area (TPSA) is 102 Å². The van der Waals surface area contributed by atoms with Crippen molar-refractivity contribution >= 4 is 17.8 Å². The third-order valence-corrected chi connectivity index (χ3v) is 4.79. The van der Waals surface area contributed by atoms with Gasteiger partial charge in [-0.1, -0.05) is 24.3 Å². The normalized spacial score (nSPS) is 11.5. The lowest BCUT2D eigenvalue weighted by Crippen LogP contribution is -2.38. The molecule has 0 aromatic heterocycles. The van der Waals surface area contributed by atoms with Crippen LogP contribution in [0.4, 0.5) is 4.39 Å². The predicted octanol–water partition coefficient (Wildman–Crippen LogP) is 3.74. The van der Waals surface area contributed by atoms with Crippen molar-refractivity contribution in [1.82, 2.24) is 5.32 Å². The van der Waals surface area contributed by atoms with Gasteiger partial charge in [0.1, 0.15) is 11.6 Å². The maximum absolute atomic E-state index is 13.7. The van der Waals surface area contributed by atoms with Crippen molar-refractivity contribution in [3.8, 4) is 16.9 Å². The molecule has 0 fully saturated rings. The zero-order valence-electron chi connectivity index (χ0n) is 18.2. The summed E-state index contributed by atoms with van der Waals surface area (Å²) in [6, 6.07) is 11.1. The van der Waals surface area contributed by atoms with E-state index < -0.39 is 18.0 Å². The average molecular weight is 445 g/mol. The van der Waals surface area contributed by atoms with Crippen LogP contribution in [0, 0.1) is 5.82 Å². The third kappa shape index (κ3) is 8.02. The van der Waals surface area contributed by atoms with Crippen molar-refractivity contribution < 1.29 is 33.4 Å². The van der Waals surface area contributed by atoms with Gasteiger partial charge in [0.2, 0.25) is 5.91 Å². The first-order chi connectivity index (χ1) is 15.3. The second-order valence-corrected chi connectivity index (χ2v) is 7.27. The molecular formula is C24H28FNO6. The number of hydrogen-bond acceptors (Lipinski definition) is 5. The van der Waals surface area contributed by atoms with Crippen LogP contribution in [0.15, 0.2) is 42.5 Å². The number of esters is 1. The maximum atomic E-state index is 13.7. The second kappa shape index (κ2) is 12.4. The first-order valence-electron chi connectivity index (χ1n) is 10.4. The Balaban J connectivity index is 2.10. The zero-order valence-corrected chi connectivity index (χ0v) is 18.2. The van der Waals surface area contributed by atoms with Gasteiger partial charge in [0, 0.05) is 24.4 Å². The smallest absolute Gasteiger partial charge is 0.307 e. The number of ether oxygens (including phenoxy) is 2. The fraction of sp³-hybridized carbons (Fsp3) is 0.375. The van der Waals surface area contributed by atoms with Crippen LogP contribution in [0.25, 0.3) is 11.1 Å². The minimum Gasteiger partial charge on any atom is -0.496 e. The summed E-state index contributed by atoms with van der Waals surface area (Å²) in [5.41, 5.74) is 2.25. The van der Waals surface area contributed by atoms with E-state index in [1.165, 1.54) is 19.2 Å². The van der Waals surface area contributed by atoms with Crippen LogP contribution >= 0.6 is 0 Å². The van der Waals surface area contributed by atoms with E-state index in [0.29, 0.717) is 17.7 Å². The van der Waals surface area contributed by atoms with Crippen molar-refractivity contribution in [3.63, 3.8) is 0 Å². The molecule has 2 aromatic carbocycles. The van der Waals surface area contributed by atoms with Crippen molar-refractivity contribution in [2.45, 2.75) is 45.1 Å². The van der Waals surface area contributed by atoms with Gasteiger partial charge in [0.05, 0.1) is 20.1 Å². The van der Waals surface area contributed by atoms with Crippen LogP contribution < -0.4 is 10.1 Å². The van der Waals surface area contributed by atoms with Crippen molar-refractivity contribution in [3.05, 3.63) is 53.8 Å². The fourth-order valence-electron chi connectivity index (χ4n) is 3.31. The van der Waals surface area contributed by atoms with Crippen LogP contribution in [-0.2, 0) is 25.5 Å². The van der Waals surface area contributed by atoms with Crippen LogP contribution in [-0.4, -0.2) is 42.7 Å². The van der Waals surface area contributed by atoms with Gasteiger partial charge >= 0.3 is 11.9 Å². The molecule has 0 spiro atoms. The summed E-state index contributed by atoms with van der Waals surface area (Å²) < 4.78 is 24.0. The summed E-state index contributed by atoms with van der Waals surface area (Å²) in [6.07, 6.45) is 0.560. The van der Waals surface area contributed by atoms with Crippen LogP contribution in [0.2, 0.25) is 0 Å². The molecule has 2 rings (SSSR count). The Bertz CT molecular complexity index is 929. The number of aliphatic carboxylic acids is 1. The predicted molar refractivity (Wildman–Crippen MR) is 117 cm³/mol. The van der Waals surface area contributed by atoms with Gasteiger partial charge in [-0.15, -0.1) is 0 Å². The number of carboxylic acid groups (broad SMARTS) is 1. The Hall–Kier alpha value is -3.42. The molecule has 0 unspecified atom stereocenters. The first-order valence-corrected chi connectivity index (χ1v) is 10.4. The largest absolute Gasteiger partial charge is 0.496 e. The Kier molecular flexibility index (Phi) is 9.66. The molecule has 32 heavy (non-hydrogen) atoms. The third-order valence-electron chi connectivity index (χ3n) is 4.79. The van der Waals surface area contributed by atoms with Crippen molar-refractivity contribution in [1.29, 1.82) is 0 Å². The zero-order chi connectivity index (χ0) is 23.5. The van der Waals surface area contributed by atoms with E-state index in [1.54, 1.807) is 13.0 Å². The molecule has 0 saturated carbocycles. The highest BCUT2D eigenvalue weighted by molar-refractivity contribution is 5.78. The number of carboxylic acids is 1. The average Bonchev–Trinajstić information content (AvgIpc) is 2.74. The molecule has 0 bridgehead atoms. The van der Waals surface area contributed by atoms with Crippen molar-refractivity contribution in [2.75, 3.05) is 13.7 Å². The summed E-state index contributed by atoms with van der Waals surface area (Å²) in [5, 5.41) is 11.5. The molecular weight excluding hydrogens is 417 g/mol. The molecule has 0 aliphatic heterocycles. The van der Waals surface area contributed by atoms with Gasteiger partial charge in [-0.25, -0.2) is 4.39 Å². The minimum absolute atomic E-state index is 0.00200. The molecule has 0 heterocycles. The van der Waals surface area contributed by atoms with Gasteiger partial charge in [-0.3, -0.25) is 14.4 Å². The molecule has 8 heteroatoms. The fourth-order valence-corrected chi connectivity index (χ4v) is 3.31. The van der Waals surface area contributed by atoms with E-state index >= 15 is 0 Å². The van der Waals surface area contributed by atoms with E-state index in [0.717, 1.165) is 11.1 Å². The maximum Gasteiger partial charge on any atom is 0.307 e. The van der Waals surface area contributed by atoms with Crippen LogP contribution in [0.1, 0.15) is 38.2 Å². The van der Waals surface area contributed by atoms with E-state index in [9.17, 15) is 18.8 Å². The molecule has 1 amide bonds. The Morgan fingerprint density at radius 3 is 2.44 bits per heavy atom. The van der Waals surface area contributed by atoms with Crippen LogP contribution in [0.3, 0.4) is 0 Å². The lowest BCUT2D eigenvalue weighted by molar-refractivity contribution is -0.143. The number of halogens is 1. The molecule has 0 saturated heterocycles. The van der Waals surface area contributed by atoms with Gasteiger partial charge in [0.15, 0.2) is 0 Å². The number of rotatable bonds is 12. The first kappa shape index (κ1) is 24.8. The summed E-state index contributed by atoms with van der Waals surface area (Å²) >= 11 is 0. The lowest BCUT2D eigenvalue weighted by atomic mass is 9.98. The summed E-state index contributed by atoms with van der Waals surface area (Å²) in [7, 11) is 1.52. The standard InChI is InChI=1S/C24H28FNO6/c1-3-32-24(30)15-19(26-22(27)5-4-6-23(28)29)13-16-7-9-17(10-8-16)20-14-18(25)11-12-21(20)31-2/h7-12,14,19H,3-6,13,15H2,1-2H3,(H,26,27)(H,28,29)/t19-/m1/s1. The highest BCUT2D eigenvalue weighted by atomic mass is 19.1. The number of carbonyl (C=O) groups is 3. The number of amides is 1. The van der Waals surface area contributed by atoms with E-state index in [4.69, 9.17) is 14.6 Å². The Morgan fingerprint density at radius 1 is 1.09 bits per heavy atom. The molecule has 7 nitrogen and oxygen atoms in total. The van der Waals surface area contributed by atoms with E-state index in [2.05, 4.69) is 5.32 Å². The Labute approximate surface area is 186 Å². The second-order valence-electron chi connectivity index (χ2n) is 7.27. The number of nitrogens with one attached hydrogen (secondary N) is 1. The molecule has 1 atom stereocenters. The summed E-state index contributed by atoms with van der Waals surface area (Å²) in [5.74, 6) is -1.53. The number of hydrogen-bond donors (Lipinski definition) is 2. The molecule has 0 aliphatic rings. The highest BCUT2D eigenvalue weighted by Gasteiger charge is 2.18. The van der Waals surface area contributed by atoms with E-state index in [1.807, 2.05) is 24.3 Å². The van der Waals surface area contributed by atoms with Gasteiger partial charge in [-0.05, 0) is 49.1 Å². The summed E-state index contributed by atoms with van der Waals surface area (Å²) in [6.45, 7) is 1.94. The van der Waals surface area contributed by atoms with Gasteiger partial charge < -0.3 is 19.9 Å². The molecule has 2 aromatic rings. The monoisotopic (exact) mass is 445 g/mol. The van der Waals surface area contributed by atoms with E-state index in [-0.39, 0.29) is 44.0 Å². The summed E-state index contributed by atoms with van der Waals surface area (Å²) in [4.78, 5) is 34.8. The Morgan fingerprint density at radius 2 is 1.81 bits per heavy atom. The quantitative estimate of drug-likeness (QED) is 0.483. The molecule has 2 N–H and O–H groups in total. The number of methoxy groups -OCH3 is 1. The minimum atomic E-state index is -0.962. The number of carbonyl (C=O) groups excluding carboxylic acids is 2. The van der Waals surface area contributed by atoms with Gasteiger partial charge in [0.25, 0.3) is 0 Å². The molecule has 0 radical (unpaired) electrons. The molecule has 0 aliphatic carbocycles. The number of benzene rings is 2. The highest BCUT2D eigenvalue weighted by Crippen LogP contribution is 2.30. The SMILES string of the molecule is CCOC(=O)C[C@@H](Cc1ccc(-c2cc(F)ccc2OC)cc1)NC(=O)CCCC(=O)O. The van der Waals surface area contributed by atoms with Gasteiger partial charge in [-0.2, -0.15) is 0 Å². The van der Waals surface area contributed by atoms with Crippen LogP contribution in [0.5, 0.6) is 5.75 Å². The van der Waals surface area contributed by atoms with Crippen molar-refractivity contribution in [2.24, 2.45) is 0 Å². The molecule has 172 valence electrons. The lowest BCUT2D eigenvalue weighted by Gasteiger charge is -2.18.